The Morgan fingerprint density at radius 3 is 2.44 bits per heavy atom. The molecule has 0 N–H and O–H groups in total. The van der Waals surface area contributed by atoms with Crippen molar-refractivity contribution in [1.82, 2.24) is 4.90 Å². The molecular formula is C22H21NO4. The first-order chi connectivity index (χ1) is 13.1. The van der Waals surface area contributed by atoms with Crippen LogP contribution in [0.5, 0.6) is 5.75 Å². The van der Waals surface area contributed by atoms with Crippen molar-refractivity contribution in [1.29, 1.82) is 0 Å². The Bertz CT molecular complexity index is 1020. The average molecular weight is 363 g/mol. The highest BCUT2D eigenvalue weighted by Crippen LogP contribution is 2.31. The van der Waals surface area contributed by atoms with Crippen LogP contribution in [0.3, 0.4) is 0 Å². The fraction of sp³-hybridized carbons (Fsp3) is 0.273. The Morgan fingerprint density at radius 2 is 1.70 bits per heavy atom. The van der Waals surface area contributed by atoms with Crippen molar-refractivity contribution < 1.29 is 13.9 Å². The van der Waals surface area contributed by atoms with E-state index in [1.807, 2.05) is 36.4 Å². The van der Waals surface area contributed by atoms with E-state index in [0.717, 1.165) is 31.5 Å². The topological polar surface area (TPSA) is 59.8 Å². The molecule has 0 unspecified atom stereocenters. The van der Waals surface area contributed by atoms with E-state index in [-0.39, 0.29) is 17.1 Å². The second kappa shape index (κ2) is 7.27. The maximum absolute atomic E-state index is 13.1. The first-order valence-electron chi connectivity index (χ1n) is 9.22. The molecule has 2 heterocycles. The van der Waals surface area contributed by atoms with Crippen LogP contribution in [0.4, 0.5) is 0 Å². The molecule has 5 nitrogen and oxygen atoms in total. The van der Waals surface area contributed by atoms with Crippen molar-refractivity contribution in [2.45, 2.75) is 25.9 Å². The Balaban J connectivity index is 1.79. The summed E-state index contributed by atoms with van der Waals surface area (Å²) >= 11 is 0. The summed E-state index contributed by atoms with van der Waals surface area (Å²) in [4.78, 5) is 27.5. The van der Waals surface area contributed by atoms with Gasteiger partial charge in [-0.2, -0.15) is 0 Å². The number of likely N-dealkylation sites (tertiary alicyclic amines) is 1. The lowest BCUT2D eigenvalue weighted by Crippen LogP contribution is -2.39. The number of hydrogen-bond acceptors (Lipinski definition) is 4. The lowest BCUT2D eigenvalue weighted by Gasteiger charge is -2.21. The fourth-order valence-corrected chi connectivity index (χ4v) is 3.43. The summed E-state index contributed by atoms with van der Waals surface area (Å²) in [5, 5.41) is 0.438. The molecule has 4 rings (SSSR count). The van der Waals surface area contributed by atoms with Gasteiger partial charge in [-0.05, 0) is 31.9 Å². The number of rotatable bonds is 4. The molecule has 3 aromatic rings. The average Bonchev–Trinajstić information content (AvgIpc) is 3.25. The van der Waals surface area contributed by atoms with Crippen LogP contribution in [-0.2, 0) is 4.79 Å². The normalized spacial score (nSPS) is 15.1. The van der Waals surface area contributed by atoms with E-state index in [4.69, 9.17) is 9.15 Å². The first kappa shape index (κ1) is 17.3. The Morgan fingerprint density at radius 1 is 1.04 bits per heavy atom. The number of ether oxygens (including phenoxy) is 1. The quantitative estimate of drug-likeness (QED) is 0.706. The lowest BCUT2D eigenvalue weighted by molar-refractivity contribution is -0.136. The number of benzene rings is 2. The molecule has 5 heteroatoms. The van der Waals surface area contributed by atoms with Gasteiger partial charge >= 0.3 is 0 Å². The summed E-state index contributed by atoms with van der Waals surface area (Å²) in [6.07, 6.45) is 1.26. The van der Waals surface area contributed by atoms with Crippen LogP contribution in [0.15, 0.2) is 63.8 Å². The summed E-state index contributed by atoms with van der Waals surface area (Å²) in [7, 11) is 0. The molecule has 0 bridgehead atoms. The molecule has 1 fully saturated rings. The molecule has 2 aromatic carbocycles. The maximum atomic E-state index is 13.1. The molecule has 1 amide bonds. The Kier molecular flexibility index (Phi) is 4.67. The first-order valence-corrected chi connectivity index (χ1v) is 9.22. The number of carbonyl (C=O) groups is 1. The van der Waals surface area contributed by atoms with Crippen LogP contribution in [0, 0.1) is 0 Å². The summed E-state index contributed by atoms with van der Waals surface area (Å²) in [5.74, 6) is 0.333. The third-order valence-corrected chi connectivity index (χ3v) is 4.85. The molecule has 1 saturated heterocycles. The van der Waals surface area contributed by atoms with E-state index >= 15 is 0 Å². The molecule has 27 heavy (non-hydrogen) atoms. The van der Waals surface area contributed by atoms with Gasteiger partial charge in [0.2, 0.25) is 11.2 Å². The zero-order valence-electron chi connectivity index (χ0n) is 15.2. The Hall–Kier alpha value is -3.08. The largest absolute Gasteiger partial charge is 0.473 e. The molecule has 0 saturated carbocycles. The van der Waals surface area contributed by atoms with Crippen molar-refractivity contribution in [3.8, 4) is 17.1 Å². The van der Waals surface area contributed by atoms with Crippen molar-refractivity contribution >= 4 is 16.9 Å². The van der Waals surface area contributed by atoms with Crippen molar-refractivity contribution in [2.24, 2.45) is 0 Å². The number of fused-ring (bicyclic) bond motifs is 1. The zero-order valence-corrected chi connectivity index (χ0v) is 15.2. The smallest absolute Gasteiger partial charge is 0.263 e. The minimum atomic E-state index is -0.755. The van der Waals surface area contributed by atoms with Gasteiger partial charge in [0.15, 0.2) is 11.9 Å². The van der Waals surface area contributed by atoms with Crippen molar-refractivity contribution in [3.63, 3.8) is 0 Å². The molecule has 1 aromatic heterocycles. The highest BCUT2D eigenvalue weighted by atomic mass is 16.5. The summed E-state index contributed by atoms with van der Waals surface area (Å²) in [5.41, 5.74) is 0.958. The molecule has 0 radical (unpaired) electrons. The number of amides is 1. The van der Waals surface area contributed by atoms with Gasteiger partial charge in [0.25, 0.3) is 5.91 Å². The monoisotopic (exact) mass is 363 g/mol. The van der Waals surface area contributed by atoms with E-state index < -0.39 is 6.10 Å². The van der Waals surface area contributed by atoms with Crippen LogP contribution in [0.1, 0.15) is 19.8 Å². The zero-order chi connectivity index (χ0) is 18.8. The van der Waals surface area contributed by atoms with E-state index in [1.165, 1.54) is 0 Å². The molecule has 1 aliphatic heterocycles. The lowest BCUT2D eigenvalue weighted by atomic mass is 10.1. The van der Waals surface area contributed by atoms with Gasteiger partial charge in [-0.25, -0.2) is 0 Å². The number of carbonyl (C=O) groups excluding carboxylic acids is 1. The van der Waals surface area contributed by atoms with Crippen LogP contribution < -0.4 is 10.2 Å². The van der Waals surface area contributed by atoms with Gasteiger partial charge < -0.3 is 14.1 Å². The van der Waals surface area contributed by atoms with E-state index in [9.17, 15) is 9.59 Å². The highest BCUT2D eigenvalue weighted by molar-refractivity contribution is 5.84. The predicted octanol–water partition coefficient (Wildman–Crippen LogP) is 3.85. The molecule has 0 spiro atoms. The van der Waals surface area contributed by atoms with Crippen molar-refractivity contribution in [3.05, 3.63) is 64.8 Å². The molecule has 0 aliphatic carbocycles. The summed E-state index contributed by atoms with van der Waals surface area (Å²) in [6, 6.07) is 16.4. The van der Waals surface area contributed by atoms with E-state index in [1.54, 1.807) is 30.0 Å². The van der Waals surface area contributed by atoms with Gasteiger partial charge in [-0.3, -0.25) is 9.59 Å². The van der Waals surface area contributed by atoms with Gasteiger partial charge in [-0.15, -0.1) is 0 Å². The minimum Gasteiger partial charge on any atom is -0.473 e. The molecule has 1 atom stereocenters. The third kappa shape index (κ3) is 3.33. The second-order valence-corrected chi connectivity index (χ2v) is 6.74. The molecular weight excluding hydrogens is 342 g/mol. The number of hydrogen-bond donors (Lipinski definition) is 0. The fourth-order valence-electron chi connectivity index (χ4n) is 3.43. The third-order valence-electron chi connectivity index (χ3n) is 4.85. The molecule has 1 aliphatic rings. The van der Waals surface area contributed by atoms with Gasteiger partial charge in [0.05, 0.1) is 5.39 Å². The summed E-state index contributed by atoms with van der Waals surface area (Å²) in [6.45, 7) is 3.17. The van der Waals surface area contributed by atoms with Gasteiger partial charge in [0.1, 0.15) is 5.58 Å². The molecule has 138 valence electrons. The van der Waals surface area contributed by atoms with E-state index in [2.05, 4.69) is 0 Å². The number of para-hydroxylation sites is 1. The van der Waals surface area contributed by atoms with Gasteiger partial charge in [0, 0.05) is 18.7 Å². The van der Waals surface area contributed by atoms with E-state index in [0.29, 0.717) is 16.7 Å². The maximum Gasteiger partial charge on any atom is 0.263 e. The number of nitrogens with zero attached hydrogens (tertiary/aromatic N) is 1. The standard InChI is InChI=1S/C22H21NO4/c1-15(22(25)23-13-7-8-14-23)26-21-19(24)17-11-5-6-12-18(17)27-20(21)16-9-3-2-4-10-16/h2-6,9-12,15H,7-8,13-14H2,1H3/t15-/m0/s1. The second-order valence-electron chi connectivity index (χ2n) is 6.74. The minimum absolute atomic E-state index is 0.0833. The summed E-state index contributed by atoms with van der Waals surface area (Å²) < 4.78 is 11.9. The van der Waals surface area contributed by atoms with Crippen LogP contribution in [-0.4, -0.2) is 30.0 Å². The highest BCUT2D eigenvalue weighted by Gasteiger charge is 2.27. The SMILES string of the molecule is C[C@H](Oc1c(-c2ccccc2)oc2ccccc2c1=O)C(=O)N1CCCC1. The van der Waals surface area contributed by atoms with Crippen molar-refractivity contribution in [2.75, 3.05) is 13.1 Å². The van der Waals surface area contributed by atoms with Crippen LogP contribution >= 0.6 is 0 Å². The van der Waals surface area contributed by atoms with Crippen LogP contribution in [0.25, 0.3) is 22.3 Å². The predicted molar refractivity (Wildman–Crippen MR) is 104 cm³/mol. The Labute approximate surface area is 157 Å². The van der Waals surface area contributed by atoms with Gasteiger partial charge in [-0.1, -0.05) is 42.5 Å². The van der Waals surface area contributed by atoms with Crippen LogP contribution in [0.2, 0.25) is 0 Å².